The second kappa shape index (κ2) is 2.76. The van der Waals surface area contributed by atoms with Crippen molar-refractivity contribution in [3.63, 3.8) is 0 Å². The quantitative estimate of drug-likeness (QED) is 0.467. The maximum atomic E-state index is 4.22. The predicted molar refractivity (Wildman–Crippen MR) is 40.2 cm³/mol. The first kappa shape index (κ1) is 6.46. The Balaban J connectivity index is 2.58. The first-order valence-corrected chi connectivity index (χ1v) is 3.32. The molecule has 0 fully saturated rings. The Morgan fingerprint density at radius 3 is 3.22 bits per heavy atom. The van der Waals surface area contributed by atoms with Gasteiger partial charge in [0.1, 0.15) is 5.84 Å². The lowest BCUT2D eigenvalue weighted by Gasteiger charge is -1.98. The van der Waals surface area contributed by atoms with Crippen molar-refractivity contribution in [3.8, 4) is 0 Å². The normalized spacial score (nSPS) is 27.3. The Morgan fingerprint density at radius 2 is 2.44 bits per heavy atom. The molecule has 0 N–H and O–H groups in total. The third kappa shape index (κ3) is 1.96. The maximum Gasteiger partial charge on any atom is 0.119 e. The summed E-state index contributed by atoms with van der Waals surface area (Å²) in [6.45, 7) is 5.06. The highest BCUT2D eigenvalue weighted by Crippen LogP contribution is 2.03. The molecule has 1 atom stereocenters. The molecule has 0 aromatic heterocycles. The molecule has 2 nitrogen and oxygen atoms in total. The second-order valence-electron chi connectivity index (χ2n) is 2.54. The van der Waals surface area contributed by atoms with Gasteiger partial charge < -0.3 is 0 Å². The van der Waals surface area contributed by atoms with E-state index < -0.39 is 0 Å². The summed E-state index contributed by atoms with van der Waals surface area (Å²) in [5.41, 5.74) is 0. The van der Waals surface area contributed by atoms with E-state index in [0.717, 1.165) is 18.8 Å². The van der Waals surface area contributed by atoms with Gasteiger partial charge in [0.15, 0.2) is 0 Å². The molecule has 1 aliphatic heterocycles. The summed E-state index contributed by atoms with van der Waals surface area (Å²) < 4.78 is 0. The van der Waals surface area contributed by atoms with Crippen LogP contribution >= 0.6 is 0 Å². The first-order chi connectivity index (χ1) is 4.29. The predicted octanol–water partition coefficient (Wildman–Crippen LogP) is 1.52. The van der Waals surface area contributed by atoms with E-state index in [1.807, 2.05) is 13.1 Å². The number of rotatable bonds is 0. The summed E-state index contributed by atoms with van der Waals surface area (Å²) in [6, 6.07) is 0. The summed E-state index contributed by atoms with van der Waals surface area (Å²) in [6.07, 6.45) is 3.03. The highest BCUT2D eigenvalue weighted by atomic mass is 14.9. The number of hydrogen-bond donors (Lipinski definition) is 0. The molecular formula is C7H12N2. The molecule has 0 saturated heterocycles. The summed E-state index contributed by atoms with van der Waals surface area (Å²) >= 11 is 0. The van der Waals surface area contributed by atoms with Crippen LogP contribution in [0.1, 0.15) is 20.3 Å². The molecule has 1 heterocycles. The van der Waals surface area contributed by atoms with Crippen molar-refractivity contribution in [2.45, 2.75) is 20.3 Å². The van der Waals surface area contributed by atoms with Crippen LogP contribution in [0.15, 0.2) is 9.98 Å². The minimum absolute atomic E-state index is 0.672. The molecule has 0 spiro atoms. The molecule has 0 aromatic rings. The van der Waals surface area contributed by atoms with Crippen molar-refractivity contribution < 1.29 is 0 Å². The van der Waals surface area contributed by atoms with Gasteiger partial charge in [-0.3, -0.25) is 4.99 Å². The van der Waals surface area contributed by atoms with Crippen molar-refractivity contribution in [1.29, 1.82) is 0 Å². The zero-order chi connectivity index (χ0) is 6.69. The Labute approximate surface area is 55.7 Å². The highest BCUT2D eigenvalue weighted by Gasteiger charge is 2.01. The third-order valence-electron chi connectivity index (χ3n) is 1.42. The fraction of sp³-hybridized carbons (Fsp3) is 0.714. The van der Waals surface area contributed by atoms with Crippen LogP contribution in [0.4, 0.5) is 0 Å². The average molecular weight is 124 g/mol. The average Bonchev–Trinajstić information content (AvgIpc) is 1.97. The Morgan fingerprint density at radius 1 is 1.67 bits per heavy atom. The van der Waals surface area contributed by atoms with Crippen LogP contribution in [0, 0.1) is 5.92 Å². The lowest BCUT2D eigenvalue weighted by molar-refractivity contribution is 0.633. The molecule has 1 aliphatic rings. The topological polar surface area (TPSA) is 24.7 Å². The van der Waals surface area contributed by atoms with Crippen LogP contribution in [-0.4, -0.2) is 18.6 Å². The molecule has 0 aliphatic carbocycles. The standard InChI is InChI=1S/C7H12N2/c1-6-3-4-8-7(2)9-5-6/h4,6H,3,5H2,1-2H3. The Bertz CT molecular complexity index is 147. The number of aliphatic imine (C=N–C) groups is 2. The fourth-order valence-electron chi connectivity index (χ4n) is 0.768. The van der Waals surface area contributed by atoms with Gasteiger partial charge in [0.05, 0.1) is 0 Å². The van der Waals surface area contributed by atoms with E-state index in [0.29, 0.717) is 5.92 Å². The van der Waals surface area contributed by atoms with Gasteiger partial charge in [0.2, 0.25) is 0 Å². The molecule has 0 aromatic carbocycles. The van der Waals surface area contributed by atoms with Crippen LogP contribution in [0.3, 0.4) is 0 Å². The van der Waals surface area contributed by atoms with E-state index in [4.69, 9.17) is 0 Å². The van der Waals surface area contributed by atoms with Gasteiger partial charge in [-0.25, -0.2) is 4.99 Å². The number of amidine groups is 1. The van der Waals surface area contributed by atoms with Crippen molar-refractivity contribution in [1.82, 2.24) is 0 Å². The molecule has 0 saturated carbocycles. The lowest BCUT2D eigenvalue weighted by atomic mass is 10.1. The third-order valence-corrected chi connectivity index (χ3v) is 1.42. The van der Waals surface area contributed by atoms with E-state index in [-0.39, 0.29) is 0 Å². The van der Waals surface area contributed by atoms with Crippen LogP contribution in [-0.2, 0) is 0 Å². The molecular weight excluding hydrogens is 112 g/mol. The summed E-state index contributed by atoms with van der Waals surface area (Å²) in [4.78, 5) is 8.32. The minimum Gasteiger partial charge on any atom is -0.271 e. The van der Waals surface area contributed by atoms with Crippen LogP contribution in [0.5, 0.6) is 0 Å². The number of hydrogen-bond acceptors (Lipinski definition) is 2. The zero-order valence-electron chi connectivity index (χ0n) is 5.96. The maximum absolute atomic E-state index is 4.22. The minimum atomic E-state index is 0.672. The molecule has 0 bridgehead atoms. The van der Waals surface area contributed by atoms with Crippen molar-refractivity contribution in [2.75, 3.05) is 6.54 Å². The molecule has 0 radical (unpaired) electrons. The van der Waals surface area contributed by atoms with E-state index in [2.05, 4.69) is 16.9 Å². The van der Waals surface area contributed by atoms with Gasteiger partial charge in [-0.05, 0) is 19.3 Å². The summed E-state index contributed by atoms with van der Waals surface area (Å²) in [5, 5.41) is 0. The van der Waals surface area contributed by atoms with Gasteiger partial charge in [0, 0.05) is 12.8 Å². The summed E-state index contributed by atoms with van der Waals surface area (Å²) in [5.74, 6) is 1.59. The van der Waals surface area contributed by atoms with Crippen LogP contribution in [0.2, 0.25) is 0 Å². The zero-order valence-corrected chi connectivity index (χ0v) is 5.96. The molecule has 50 valence electrons. The second-order valence-corrected chi connectivity index (χ2v) is 2.54. The van der Waals surface area contributed by atoms with Crippen LogP contribution in [0.25, 0.3) is 0 Å². The van der Waals surface area contributed by atoms with Crippen LogP contribution < -0.4 is 0 Å². The largest absolute Gasteiger partial charge is 0.271 e. The molecule has 2 heteroatoms. The van der Waals surface area contributed by atoms with E-state index in [1.54, 1.807) is 0 Å². The SMILES string of the molecule is CC1=NCC(C)CC=N1. The highest BCUT2D eigenvalue weighted by molar-refractivity contribution is 5.88. The van der Waals surface area contributed by atoms with Crippen molar-refractivity contribution in [2.24, 2.45) is 15.9 Å². The van der Waals surface area contributed by atoms with E-state index in [9.17, 15) is 0 Å². The van der Waals surface area contributed by atoms with E-state index >= 15 is 0 Å². The number of nitrogens with zero attached hydrogens (tertiary/aromatic N) is 2. The first-order valence-electron chi connectivity index (χ1n) is 3.32. The van der Waals surface area contributed by atoms with Gasteiger partial charge in [-0.15, -0.1) is 0 Å². The molecule has 0 amide bonds. The monoisotopic (exact) mass is 124 g/mol. The Kier molecular flexibility index (Phi) is 1.98. The van der Waals surface area contributed by atoms with Gasteiger partial charge in [-0.1, -0.05) is 6.92 Å². The molecule has 1 unspecified atom stereocenters. The van der Waals surface area contributed by atoms with Gasteiger partial charge >= 0.3 is 0 Å². The van der Waals surface area contributed by atoms with Gasteiger partial charge in [-0.2, -0.15) is 0 Å². The van der Waals surface area contributed by atoms with Gasteiger partial charge in [0.25, 0.3) is 0 Å². The smallest absolute Gasteiger partial charge is 0.119 e. The van der Waals surface area contributed by atoms with Crippen molar-refractivity contribution in [3.05, 3.63) is 0 Å². The summed E-state index contributed by atoms with van der Waals surface area (Å²) in [7, 11) is 0. The molecule has 9 heavy (non-hydrogen) atoms. The van der Waals surface area contributed by atoms with Crippen molar-refractivity contribution >= 4 is 12.1 Å². The molecule has 1 rings (SSSR count). The fourth-order valence-corrected chi connectivity index (χ4v) is 0.768. The van der Waals surface area contributed by atoms with E-state index in [1.165, 1.54) is 0 Å². The lowest BCUT2D eigenvalue weighted by Crippen LogP contribution is -1.97. The Hall–Kier alpha value is -0.660.